The average Bonchev–Trinajstić information content (AvgIpc) is 2.86. The summed E-state index contributed by atoms with van der Waals surface area (Å²) in [4.78, 5) is 7.32. The molecule has 2 aliphatic rings. The Balaban J connectivity index is 1.63. The van der Waals surface area contributed by atoms with Gasteiger partial charge in [-0.15, -0.1) is 0 Å². The minimum Gasteiger partial charge on any atom is -0.375 e. The van der Waals surface area contributed by atoms with E-state index in [1.807, 2.05) is 0 Å². The van der Waals surface area contributed by atoms with Crippen LogP contribution in [0.1, 0.15) is 32.6 Å². The summed E-state index contributed by atoms with van der Waals surface area (Å²) in [5.74, 6) is 0.840. The van der Waals surface area contributed by atoms with Gasteiger partial charge >= 0.3 is 0 Å². The lowest BCUT2D eigenvalue weighted by Crippen LogP contribution is -2.43. The number of rotatable bonds is 6. The largest absolute Gasteiger partial charge is 0.375 e. The van der Waals surface area contributed by atoms with Gasteiger partial charge in [-0.1, -0.05) is 20.1 Å². The quantitative estimate of drug-likeness (QED) is 0.739. The Hall–Kier alpha value is -0.960. The number of likely N-dealkylation sites (tertiary alicyclic amines) is 1. The third-order valence-electron chi connectivity index (χ3n) is 4.75. The van der Waals surface area contributed by atoms with Crippen molar-refractivity contribution in [1.29, 1.82) is 0 Å². The average molecular weight is 277 g/mol. The van der Waals surface area contributed by atoms with Crippen LogP contribution >= 0.6 is 0 Å². The summed E-state index contributed by atoms with van der Waals surface area (Å²) in [6.07, 6.45) is 4.76. The maximum Gasteiger partial charge on any atom is 0.0303 e. The second-order valence-electron chi connectivity index (χ2n) is 6.62. The van der Waals surface area contributed by atoms with E-state index in [-0.39, 0.29) is 0 Å². The summed E-state index contributed by atoms with van der Waals surface area (Å²) in [6.45, 7) is 17.9. The lowest BCUT2D eigenvalue weighted by Gasteiger charge is -2.35. The molecule has 1 atom stereocenters. The number of likely N-dealkylation sites (N-methyl/N-ethyl adjacent to an activating group) is 1. The van der Waals surface area contributed by atoms with Crippen molar-refractivity contribution in [3.63, 3.8) is 0 Å². The zero-order valence-corrected chi connectivity index (χ0v) is 13.4. The zero-order chi connectivity index (χ0) is 14.5. The van der Waals surface area contributed by atoms with Crippen LogP contribution in [0.4, 0.5) is 0 Å². The first-order valence-electron chi connectivity index (χ1n) is 8.10. The SMILES string of the molecule is C=C(CCCC(=C)N1CCC(C)C1)N1CCN(C)CC1. The number of piperazine rings is 1. The molecule has 114 valence electrons. The van der Waals surface area contributed by atoms with Gasteiger partial charge in [0, 0.05) is 50.7 Å². The number of allylic oxidation sites excluding steroid dienone is 2. The topological polar surface area (TPSA) is 9.72 Å². The third kappa shape index (κ3) is 4.27. The van der Waals surface area contributed by atoms with Gasteiger partial charge in [-0.2, -0.15) is 0 Å². The van der Waals surface area contributed by atoms with Crippen molar-refractivity contribution in [3.8, 4) is 0 Å². The van der Waals surface area contributed by atoms with Crippen molar-refractivity contribution in [2.75, 3.05) is 46.3 Å². The predicted molar refractivity (Wildman–Crippen MR) is 86.6 cm³/mol. The molecule has 0 saturated carbocycles. The Morgan fingerprint density at radius 1 is 0.950 bits per heavy atom. The minimum atomic E-state index is 0.840. The summed E-state index contributed by atoms with van der Waals surface area (Å²) in [5, 5.41) is 0. The first kappa shape index (κ1) is 15.4. The molecular weight excluding hydrogens is 246 g/mol. The molecule has 2 fully saturated rings. The molecule has 0 aliphatic carbocycles. The van der Waals surface area contributed by atoms with Gasteiger partial charge in [0.25, 0.3) is 0 Å². The molecule has 3 nitrogen and oxygen atoms in total. The summed E-state index contributed by atoms with van der Waals surface area (Å²) in [5.41, 5.74) is 2.65. The fourth-order valence-corrected chi connectivity index (χ4v) is 3.16. The maximum atomic E-state index is 4.27. The van der Waals surface area contributed by atoms with Crippen molar-refractivity contribution in [1.82, 2.24) is 14.7 Å². The summed E-state index contributed by atoms with van der Waals surface area (Å²) in [6, 6.07) is 0. The fourth-order valence-electron chi connectivity index (χ4n) is 3.16. The van der Waals surface area contributed by atoms with Crippen molar-refractivity contribution in [3.05, 3.63) is 24.6 Å². The van der Waals surface area contributed by atoms with Crippen molar-refractivity contribution >= 4 is 0 Å². The molecule has 2 aliphatic heterocycles. The number of hydrogen-bond donors (Lipinski definition) is 0. The Labute approximate surface area is 124 Å². The van der Waals surface area contributed by atoms with Gasteiger partial charge in [0.05, 0.1) is 0 Å². The van der Waals surface area contributed by atoms with E-state index in [9.17, 15) is 0 Å². The lowest BCUT2D eigenvalue weighted by atomic mass is 10.1. The highest BCUT2D eigenvalue weighted by molar-refractivity contribution is 5.00. The van der Waals surface area contributed by atoms with Crippen LogP contribution < -0.4 is 0 Å². The van der Waals surface area contributed by atoms with E-state index in [0.717, 1.165) is 44.9 Å². The van der Waals surface area contributed by atoms with Gasteiger partial charge in [-0.05, 0) is 38.6 Å². The third-order valence-corrected chi connectivity index (χ3v) is 4.75. The first-order chi connectivity index (χ1) is 9.56. The Morgan fingerprint density at radius 2 is 1.55 bits per heavy atom. The molecule has 3 heteroatoms. The van der Waals surface area contributed by atoms with Gasteiger partial charge in [-0.25, -0.2) is 0 Å². The molecular formula is C17H31N3. The highest BCUT2D eigenvalue weighted by atomic mass is 15.2. The molecule has 2 heterocycles. The van der Waals surface area contributed by atoms with Crippen LogP contribution in [-0.4, -0.2) is 61.0 Å². The zero-order valence-electron chi connectivity index (χ0n) is 13.4. The maximum absolute atomic E-state index is 4.27. The van der Waals surface area contributed by atoms with E-state index < -0.39 is 0 Å². The Morgan fingerprint density at radius 3 is 2.10 bits per heavy atom. The highest BCUT2D eigenvalue weighted by Gasteiger charge is 2.19. The Kier molecular flexibility index (Phi) is 5.53. The van der Waals surface area contributed by atoms with Crippen LogP contribution in [0.3, 0.4) is 0 Å². The second kappa shape index (κ2) is 7.16. The normalized spacial score (nSPS) is 24.2. The molecule has 2 rings (SSSR count). The van der Waals surface area contributed by atoms with E-state index in [0.29, 0.717) is 0 Å². The van der Waals surface area contributed by atoms with E-state index in [1.165, 1.54) is 37.3 Å². The molecule has 0 N–H and O–H groups in total. The van der Waals surface area contributed by atoms with Gasteiger partial charge in [0.2, 0.25) is 0 Å². The molecule has 2 saturated heterocycles. The van der Waals surface area contributed by atoms with E-state index in [4.69, 9.17) is 0 Å². The highest BCUT2D eigenvalue weighted by Crippen LogP contribution is 2.23. The lowest BCUT2D eigenvalue weighted by molar-refractivity contribution is 0.182. The number of nitrogens with zero attached hydrogens (tertiary/aromatic N) is 3. The molecule has 0 spiro atoms. The van der Waals surface area contributed by atoms with Gasteiger partial charge in [-0.3, -0.25) is 0 Å². The monoisotopic (exact) mass is 277 g/mol. The van der Waals surface area contributed by atoms with E-state index in [2.05, 4.69) is 41.8 Å². The van der Waals surface area contributed by atoms with Crippen molar-refractivity contribution in [2.45, 2.75) is 32.6 Å². The van der Waals surface area contributed by atoms with Crippen LogP contribution in [0.5, 0.6) is 0 Å². The van der Waals surface area contributed by atoms with Crippen LogP contribution in [0.2, 0.25) is 0 Å². The van der Waals surface area contributed by atoms with E-state index >= 15 is 0 Å². The van der Waals surface area contributed by atoms with Crippen LogP contribution in [0.15, 0.2) is 24.6 Å². The Bertz CT molecular complexity index is 342. The first-order valence-corrected chi connectivity index (χ1v) is 8.10. The molecule has 0 bridgehead atoms. The standard InChI is InChI=1S/C17H31N3/c1-15-8-9-20(14-15)17(3)7-5-6-16(2)19-12-10-18(4)11-13-19/h15H,2-3,5-14H2,1,4H3. The van der Waals surface area contributed by atoms with Gasteiger partial charge in [0.1, 0.15) is 0 Å². The van der Waals surface area contributed by atoms with Crippen LogP contribution in [0, 0.1) is 5.92 Å². The van der Waals surface area contributed by atoms with Crippen LogP contribution in [0.25, 0.3) is 0 Å². The van der Waals surface area contributed by atoms with Crippen LogP contribution in [-0.2, 0) is 0 Å². The molecule has 0 aromatic heterocycles. The summed E-state index contributed by atoms with van der Waals surface area (Å²) < 4.78 is 0. The van der Waals surface area contributed by atoms with Gasteiger partial charge < -0.3 is 14.7 Å². The molecule has 0 radical (unpaired) electrons. The van der Waals surface area contributed by atoms with Gasteiger partial charge in [0.15, 0.2) is 0 Å². The molecule has 20 heavy (non-hydrogen) atoms. The predicted octanol–water partition coefficient (Wildman–Crippen LogP) is 2.77. The number of hydrogen-bond acceptors (Lipinski definition) is 3. The van der Waals surface area contributed by atoms with Crippen molar-refractivity contribution < 1.29 is 0 Å². The minimum absolute atomic E-state index is 0.840. The fraction of sp³-hybridized carbons (Fsp3) is 0.765. The van der Waals surface area contributed by atoms with Crippen molar-refractivity contribution in [2.24, 2.45) is 5.92 Å². The second-order valence-corrected chi connectivity index (χ2v) is 6.62. The summed E-state index contributed by atoms with van der Waals surface area (Å²) >= 11 is 0. The molecule has 0 aromatic carbocycles. The van der Waals surface area contributed by atoms with E-state index in [1.54, 1.807) is 0 Å². The molecule has 0 aromatic rings. The smallest absolute Gasteiger partial charge is 0.0303 e. The molecule has 0 amide bonds. The summed E-state index contributed by atoms with van der Waals surface area (Å²) in [7, 11) is 2.20. The molecule has 1 unspecified atom stereocenters.